The minimum Gasteiger partial charge on any atom is -0.311 e. The van der Waals surface area contributed by atoms with Crippen LogP contribution < -0.4 is 4.90 Å². The smallest absolute Gasteiger partial charge is 0.277 e. The number of hydrogen-bond acceptors (Lipinski definition) is 3. The van der Waals surface area contributed by atoms with Crippen LogP contribution in [-0.4, -0.2) is 4.92 Å². The van der Waals surface area contributed by atoms with Crippen LogP contribution in [0.3, 0.4) is 0 Å². The van der Waals surface area contributed by atoms with E-state index in [0.717, 1.165) is 22.6 Å². The lowest BCUT2D eigenvalue weighted by atomic mass is 10.0. The fraction of sp³-hybridized carbons (Fsp3) is 0. The number of nitro benzene ring substituents is 1. The molecule has 0 N–H and O–H groups in total. The van der Waals surface area contributed by atoms with Crippen molar-refractivity contribution in [2.75, 3.05) is 4.90 Å². The van der Waals surface area contributed by atoms with E-state index in [0.29, 0.717) is 5.56 Å². The molecule has 0 aliphatic carbocycles. The summed E-state index contributed by atoms with van der Waals surface area (Å²) in [6.45, 7) is 0. The normalized spacial score (nSPS) is 10.4. The van der Waals surface area contributed by atoms with Gasteiger partial charge in [-0.1, -0.05) is 60.7 Å². The molecule has 4 aromatic carbocycles. The van der Waals surface area contributed by atoms with Gasteiger partial charge in [0.25, 0.3) is 5.69 Å². The topological polar surface area (TPSA) is 46.4 Å². The Hall–Kier alpha value is -3.92. The molecule has 0 radical (unpaired) electrons. The third-order valence-electron chi connectivity index (χ3n) is 4.57. The van der Waals surface area contributed by atoms with Crippen molar-refractivity contribution in [2.45, 2.75) is 0 Å². The van der Waals surface area contributed by atoms with E-state index >= 15 is 0 Å². The van der Waals surface area contributed by atoms with E-state index in [4.69, 9.17) is 0 Å². The number of hydrogen-bond donors (Lipinski definition) is 0. The molecule has 0 amide bonds. The number of anilines is 3. The Morgan fingerprint density at radius 3 is 1.57 bits per heavy atom. The quantitative estimate of drug-likeness (QED) is 0.290. The molecule has 0 bridgehead atoms. The molecule has 4 heteroatoms. The maximum absolute atomic E-state index is 11.3. The van der Waals surface area contributed by atoms with Gasteiger partial charge in [0.1, 0.15) is 0 Å². The van der Waals surface area contributed by atoms with Gasteiger partial charge in [-0.15, -0.1) is 0 Å². The molecule has 4 aromatic rings. The second-order valence-corrected chi connectivity index (χ2v) is 6.33. The van der Waals surface area contributed by atoms with Gasteiger partial charge in [0.05, 0.1) is 10.5 Å². The first kappa shape index (κ1) is 17.5. The van der Waals surface area contributed by atoms with Crippen LogP contribution in [-0.2, 0) is 0 Å². The van der Waals surface area contributed by atoms with Crippen LogP contribution in [0.15, 0.2) is 109 Å². The molecule has 0 aliphatic rings. The molecule has 0 atom stereocenters. The lowest BCUT2D eigenvalue weighted by Gasteiger charge is -2.25. The Balaban J connectivity index is 1.77. The lowest BCUT2D eigenvalue weighted by molar-refractivity contribution is -0.384. The first-order chi connectivity index (χ1) is 13.7. The van der Waals surface area contributed by atoms with E-state index in [-0.39, 0.29) is 10.6 Å². The standard InChI is InChI=1S/C24H18N2O2/c27-26(28)24-14-8-7-13-23(24)19-15-17-22(18-16-19)25(20-9-3-1-4-10-20)21-11-5-2-6-12-21/h1-18H. The summed E-state index contributed by atoms with van der Waals surface area (Å²) in [4.78, 5) is 13.1. The Bertz CT molecular complexity index is 1040. The zero-order valence-electron chi connectivity index (χ0n) is 15.1. The first-order valence-electron chi connectivity index (χ1n) is 8.98. The van der Waals surface area contributed by atoms with Gasteiger partial charge in [0, 0.05) is 23.1 Å². The largest absolute Gasteiger partial charge is 0.311 e. The SMILES string of the molecule is O=[N+]([O-])c1ccccc1-c1ccc(N(c2ccccc2)c2ccccc2)cc1. The highest BCUT2D eigenvalue weighted by molar-refractivity contribution is 5.79. The minimum atomic E-state index is -0.344. The summed E-state index contributed by atoms with van der Waals surface area (Å²) >= 11 is 0. The van der Waals surface area contributed by atoms with Crippen LogP contribution in [0.1, 0.15) is 0 Å². The number of rotatable bonds is 5. The van der Waals surface area contributed by atoms with Gasteiger partial charge in [-0.2, -0.15) is 0 Å². The number of para-hydroxylation sites is 3. The maximum atomic E-state index is 11.3. The molecule has 4 rings (SSSR count). The van der Waals surface area contributed by atoms with E-state index in [1.807, 2.05) is 66.7 Å². The molecule has 0 aliphatic heterocycles. The molecule has 0 saturated carbocycles. The highest BCUT2D eigenvalue weighted by Gasteiger charge is 2.16. The fourth-order valence-electron chi connectivity index (χ4n) is 3.27. The molecule has 0 unspecified atom stereocenters. The summed E-state index contributed by atoms with van der Waals surface area (Å²) in [5, 5.41) is 11.3. The highest BCUT2D eigenvalue weighted by atomic mass is 16.6. The van der Waals surface area contributed by atoms with Gasteiger partial charge in [-0.05, 0) is 48.0 Å². The van der Waals surface area contributed by atoms with Crippen LogP contribution >= 0.6 is 0 Å². The van der Waals surface area contributed by atoms with Crippen molar-refractivity contribution in [3.05, 3.63) is 119 Å². The van der Waals surface area contributed by atoms with Crippen molar-refractivity contribution in [3.63, 3.8) is 0 Å². The third-order valence-corrected chi connectivity index (χ3v) is 4.57. The van der Waals surface area contributed by atoms with Crippen LogP contribution in [0.25, 0.3) is 11.1 Å². The van der Waals surface area contributed by atoms with Crippen LogP contribution in [0.5, 0.6) is 0 Å². The summed E-state index contributed by atoms with van der Waals surface area (Å²) in [6, 6.07) is 34.9. The van der Waals surface area contributed by atoms with Crippen molar-refractivity contribution >= 4 is 22.7 Å². The van der Waals surface area contributed by atoms with Crippen molar-refractivity contribution in [3.8, 4) is 11.1 Å². The molecule has 28 heavy (non-hydrogen) atoms. The molecule has 0 saturated heterocycles. The zero-order valence-corrected chi connectivity index (χ0v) is 15.1. The lowest BCUT2D eigenvalue weighted by Crippen LogP contribution is -2.09. The summed E-state index contributed by atoms with van der Waals surface area (Å²) in [6.07, 6.45) is 0. The molecule has 4 nitrogen and oxygen atoms in total. The number of nitro groups is 1. The summed E-state index contributed by atoms with van der Waals surface area (Å²) in [7, 11) is 0. The third kappa shape index (κ3) is 3.48. The van der Waals surface area contributed by atoms with E-state index in [1.54, 1.807) is 12.1 Å². The van der Waals surface area contributed by atoms with Crippen molar-refractivity contribution in [1.82, 2.24) is 0 Å². The van der Waals surface area contributed by atoms with Gasteiger partial charge < -0.3 is 4.90 Å². The highest BCUT2D eigenvalue weighted by Crippen LogP contribution is 2.36. The molecule has 0 heterocycles. The summed E-state index contributed by atoms with van der Waals surface area (Å²) in [5.74, 6) is 0. The molecule has 0 spiro atoms. The average Bonchev–Trinajstić information content (AvgIpc) is 2.76. The molecule has 136 valence electrons. The Kier molecular flexibility index (Phi) is 4.85. The summed E-state index contributed by atoms with van der Waals surface area (Å²) in [5.41, 5.74) is 4.62. The van der Waals surface area contributed by atoms with Crippen molar-refractivity contribution < 1.29 is 4.92 Å². The van der Waals surface area contributed by atoms with Gasteiger partial charge >= 0.3 is 0 Å². The minimum absolute atomic E-state index is 0.109. The monoisotopic (exact) mass is 366 g/mol. The van der Waals surface area contributed by atoms with E-state index in [1.165, 1.54) is 6.07 Å². The number of nitrogens with zero attached hydrogens (tertiary/aromatic N) is 2. The molecule has 0 aromatic heterocycles. The van der Waals surface area contributed by atoms with Crippen molar-refractivity contribution in [2.24, 2.45) is 0 Å². The molecular weight excluding hydrogens is 348 g/mol. The molecule has 0 fully saturated rings. The van der Waals surface area contributed by atoms with E-state index < -0.39 is 0 Å². The van der Waals surface area contributed by atoms with Gasteiger partial charge in [-0.3, -0.25) is 10.1 Å². The van der Waals surface area contributed by atoms with E-state index in [9.17, 15) is 10.1 Å². The predicted octanol–water partition coefficient (Wildman–Crippen LogP) is 6.73. The second kappa shape index (κ2) is 7.76. The Morgan fingerprint density at radius 2 is 1.04 bits per heavy atom. The maximum Gasteiger partial charge on any atom is 0.277 e. The van der Waals surface area contributed by atoms with Crippen LogP contribution in [0.2, 0.25) is 0 Å². The van der Waals surface area contributed by atoms with Gasteiger partial charge in [-0.25, -0.2) is 0 Å². The van der Waals surface area contributed by atoms with Gasteiger partial charge in [0.15, 0.2) is 0 Å². The average molecular weight is 366 g/mol. The Morgan fingerprint density at radius 1 is 0.571 bits per heavy atom. The predicted molar refractivity (Wildman–Crippen MR) is 113 cm³/mol. The summed E-state index contributed by atoms with van der Waals surface area (Å²) < 4.78 is 0. The van der Waals surface area contributed by atoms with E-state index in [2.05, 4.69) is 29.2 Å². The van der Waals surface area contributed by atoms with Crippen LogP contribution in [0, 0.1) is 10.1 Å². The molecular formula is C24H18N2O2. The Labute approximate surface area is 163 Å². The van der Waals surface area contributed by atoms with Crippen LogP contribution in [0.4, 0.5) is 22.7 Å². The van der Waals surface area contributed by atoms with Gasteiger partial charge in [0.2, 0.25) is 0 Å². The fourth-order valence-corrected chi connectivity index (χ4v) is 3.27. The first-order valence-corrected chi connectivity index (χ1v) is 8.98. The zero-order chi connectivity index (χ0) is 19.3. The second-order valence-electron chi connectivity index (χ2n) is 6.33. The van der Waals surface area contributed by atoms with Crippen molar-refractivity contribution in [1.29, 1.82) is 0 Å². The number of benzene rings is 4.